The monoisotopic (exact) mass is 280 g/mol. The lowest BCUT2D eigenvalue weighted by molar-refractivity contribution is 0.415. The molecule has 0 bridgehead atoms. The molecule has 5 heteroatoms. The van der Waals surface area contributed by atoms with Crippen molar-refractivity contribution in [3.8, 4) is 5.75 Å². The van der Waals surface area contributed by atoms with Crippen molar-refractivity contribution in [1.82, 2.24) is 0 Å². The molecular weight excluding hydrogens is 267 g/mol. The van der Waals surface area contributed by atoms with Crippen LogP contribution in [0.4, 0.5) is 21.5 Å². The van der Waals surface area contributed by atoms with Gasteiger partial charge >= 0.3 is 0 Å². The lowest BCUT2D eigenvalue weighted by atomic mass is 10.1. The molecule has 0 atom stereocenters. The van der Waals surface area contributed by atoms with Crippen LogP contribution in [0.3, 0.4) is 0 Å². The highest BCUT2D eigenvalue weighted by molar-refractivity contribution is 6.32. The van der Waals surface area contributed by atoms with Crippen molar-refractivity contribution in [3.05, 3.63) is 46.7 Å². The first-order chi connectivity index (χ1) is 9.01. The van der Waals surface area contributed by atoms with E-state index in [4.69, 9.17) is 22.1 Å². The molecule has 100 valence electrons. The highest BCUT2D eigenvalue weighted by Crippen LogP contribution is 2.31. The van der Waals surface area contributed by atoms with Crippen molar-refractivity contribution in [1.29, 1.82) is 0 Å². The van der Waals surface area contributed by atoms with Gasteiger partial charge in [-0.3, -0.25) is 0 Å². The Hall–Kier alpha value is -1.94. The van der Waals surface area contributed by atoms with E-state index in [1.807, 2.05) is 0 Å². The minimum atomic E-state index is -0.322. The number of hydrogen-bond acceptors (Lipinski definition) is 3. The molecule has 0 aliphatic carbocycles. The Morgan fingerprint density at radius 2 is 2.00 bits per heavy atom. The van der Waals surface area contributed by atoms with E-state index in [0.29, 0.717) is 27.7 Å². The van der Waals surface area contributed by atoms with Gasteiger partial charge in [-0.25, -0.2) is 4.39 Å². The zero-order chi connectivity index (χ0) is 14.0. The van der Waals surface area contributed by atoms with Crippen LogP contribution in [0.15, 0.2) is 30.3 Å². The summed E-state index contributed by atoms with van der Waals surface area (Å²) in [5, 5.41) is 3.64. The van der Waals surface area contributed by atoms with Crippen LogP contribution in [0.5, 0.6) is 5.75 Å². The van der Waals surface area contributed by atoms with Gasteiger partial charge in [-0.05, 0) is 36.8 Å². The van der Waals surface area contributed by atoms with Gasteiger partial charge in [0.25, 0.3) is 0 Å². The molecule has 0 saturated heterocycles. The summed E-state index contributed by atoms with van der Waals surface area (Å²) >= 11 is 5.95. The summed E-state index contributed by atoms with van der Waals surface area (Å²) in [5.74, 6) is 0.237. The minimum Gasteiger partial charge on any atom is -0.495 e. The van der Waals surface area contributed by atoms with E-state index in [1.165, 1.54) is 6.07 Å². The van der Waals surface area contributed by atoms with E-state index in [2.05, 4.69) is 5.32 Å². The third kappa shape index (κ3) is 2.90. The molecule has 0 unspecified atom stereocenters. The summed E-state index contributed by atoms with van der Waals surface area (Å²) in [6.45, 7) is 1.68. The SMILES string of the molecule is COc1cc(Nc2cc(C)c(F)cc2N)ccc1Cl. The molecule has 0 saturated carbocycles. The molecule has 2 rings (SSSR count). The number of rotatable bonds is 3. The molecule has 0 aliphatic heterocycles. The Morgan fingerprint density at radius 3 is 2.68 bits per heavy atom. The molecule has 0 spiro atoms. The predicted octanol–water partition coefficient (Wildman–Crippen LogP) is 4.12. The Bertz CT molecular complexity index is 617. The van der Waals surface area contributed by atoms with Crippen LogP contribution >= 0.6 is 11.6 Å². The molecule has 0 aromatic heterocycles. The van der Waals surface area contributed by atoms with Crippen molar-refractivity contribution < 1.29 is 9.13 Å². The first kappa shape index (κ1) is 13.5. The molecule has 2 aromatic carbocycles. The molecular formula is C14H14ClFN2O. The van der Waals surface area contributed by atoms with Crippen molar-refractivity contribution in [3.63, 3.8) is 0 Å². The number of halogens is 2. The molecule has 3 N–H and O–H groups in total. The molecule has 2 aromatic rings. The summed E-state index contributed by atoms with van der Waals surface area (Å²) < 4.78 is 18.5. The zero-order valence-corrected chi connectivity index (χ0v) is 11.4. The predicted molar refractivity (Wildman–Crippen MR) is 76.8 cm³/mol. The van der Waals surface area contributed by atoms with Gasteiger partial charge in [-0.1, -0.05) is 11.6 Å². The Balaban J connectivity index is 2.33. The average molecular weight is 281 g/mol. The summed E-state index contributed by atoms with van der Waals surface area (Å²) in [6.07, 6.45) is 0. The van der Waals surface area contributed by atoms with E-state index in [-0.39, 0.29) is 5.82 Å². The van der Waals surface area contributed by atoms with Gasteiger partial charge in [0.05, 0.1) is 23.5 Å². The summed E-state index contributed by atoms with van der Waals surface area (Å²) in [4.78, 5) is 0. The van der Waals surface area contributed by atoms with Gasteiger partial charge in [-0.15, -0.1) is 0 Å². The molecule has 0 heterocycles. The molecule has 0 aliphatic rings. The van der Waals surface area contributed by atoms with Gasteiger partial charge in [0, 0.05) is 11.8 Å². The van der Waals surface area contributed by atoms with E-state index in [1.54, 1.807) is 38.3 Å². The minimum absolute atomic E-state index is 0.322. The second-order valence-corrected chi connectivity index (χ2v) is 4.57. The third-order valence-corrected chi connectivity index (χ3v) is 3.07. The largest absolute Gasteiger partial charge is 0.495 e. The second-order valence-electron chi connectivity index (χ2n) is 4.16. The fourth-order valence-electron chi connectivity index (χ4n) is 1.70. The number of ether oxygens (including phenoxy) is 1. The molecule has 0 amide bonds. The smallest absolute Gasteiger partial charge is 0.139 e. The maximum atomic E-state index is 13.3. The number of nitrogens with two attached hydrogens (primary N) is 1. The maximum Gasteiger partial charge on any atom is 0.139 e. The Labute approximate surface area is 116 Å². The van der Waals surface area contributed by atoms with Gasteiger partial charge < -0.3 is 15.8 Å². The summed E-state index contributed by atoms with van der Waals surface area (Å²) in [7, 11) is 1.54. The standard InChI is InChI=1S/C14H14ClFN2O/c1-8-5-13(12(17)7-11(8)16)18-9-3-4-10(15)14(6-9)19-2/h3-7,18H,17H2,1-2H3. The molecule has 0 fully saturated rings. The number of aryl methyl sites for hydroxylation is 1. The zero-order valence-electron chi connectivity index (χ0n) is 10.6. The van der Waals surface area contributed by atoms with E-state index in [9.17, 15) is 4.39 Å². The van der Waals surface area contributed by atoms with Crippen molar-refractivity contribution in [2.24, 2.45) is 0 Å². The summed E-state index contributed by atoms with van der Waals surface area (Å²) in [5.41, 5.74) is 8.05. The first-order valence-corrected chi connectivity index (χ1v) is 6.05. The van der Waals surface area contributed by atoms with Gasteiger partial charge in [-0.2, -0.15) is 0 Å². The van der Waals surface area contributed by atoms with Gasteiger partial charge in [0.2, 0.25) is 0 Å². The lowest BCUT2D eigenvalue weighted by Crippen LogP contribution is -1.99. The third-order valence-electron chi connectivity index (χ3n) is 2.76. The second kappa shape index (κ2) is 5.36. The van der Waals surface area contributed by atoms with Crippen LogP contribution < -0.4 is 15.8 Å². The van der Waals surface area contributed by atoms with E-state index < -0.39 is 0 Å². The van der Waals surface area contributed by atoms with Gasteiger partial charge in [0.15, 0.2) is 0 Å². The lowest BCUT2D eigenvalue weighted by Gasteiger charge is -2.12. The van der Waals surface area contributed by atoms with Gasteiger partial charge in [0.1, 0.15) is 11.6 Å². The van der Waals surface area contributed by atoms with E-state index >= 15 is 0 Å². The number of benzene rings is 2. The number of hydrogen-bond donors (Lipinski definition) is 2. The Kier molecular flexibility index (Phi) is 3.81. The normalized spacial score (nSPS) is 10.3. The quantitative estimate of drug-likeness (QED) is 0.831. The van der Waals surface area contributed by atoms with Crippen molar-refractivity contribution in [2.45, 2.75) is 6.92 Å². The van der Waals surface area contributed by atoms with E-state index in [0.717, 1.165) is 5.69 Å². The van der Waals surface area contributed by atoms with Crippen LogP contribution in [0.1, 0.15) is 5.56 Å². The fourth-order valence-corrected chi connectivity index (χ4v) is 1.89. The Morgan fingerprint density at radius 1 is 1.26 bits per heavy atom. The number of anilines is 3. The van der Waals surface area contributed by atoms with Crippen LogP contribution in [0.25, 0.3) is 0 Å². The van der Waals surface area contributed by atoms with Crippen LogP contribution in [0, 0.1) is 12.7 Å². The van der Waals surface area contributed by atoms with Crippen molar-refractivity contribution >= 4 is 28.7 Å². The molecule has 0 radical (unpaired) electrons. The average Bonchev–Trinajstić information content (AvgIpc) is 2.38. The topological polar surface area (TPSA) is 47.3 Å². The maximum absolute atomic E-state index is 13.3. The molecule has 3 nitrogen and oxygen atoms in total. The van der Waals surface area contributed by atoms with Crippen LogP contribution in [-0.4, -0.2) is 7.11 Å². The van der Waals surface area contributed by atoms with Crippen molar-refractivity contribution in [2.75, 3.05) is 18.2 Å². The highest BCUT2D eigenvalue weighted by Gasteiger charge is 2.07. The van der Waals surface area contributed by atoms with Crippen LogP contribution in [0.2, 0.25) is 5.02 Å². The number of nitrogen functional groups attached to an aromatic ring is 1. The fraction of sp³-hybridized carbons (Fsp3) is 0.143. The number of methoxy groups -OCH3 is 1. The molecule has 19 heavy (non-hydrogen) atoms. The summed E-state index contributed by atoms with van der Waals surface area (Å²) in [6, 6.07) is 8.22. The first-order valence-electron chi connectivity index (χ1n) is 5.67. The highest BCUT2D eigenvalue weighted by atomic mass is 35.5. The van der Waals surface area contributed by atoms with Crippen LogP contribution in [-0.2, 0) is 0 Å². The number of nitrogens with one attached hydrogen (secondary N) is 1.